The Morgan fingerprint density at radius 3 is 2.61 bits per heavy atom. The Kier molecular flexibility index (Phi) is 4.95. The minimum Gasteiger partial charge on any atom is -0.443 e. The molecule has 1 aromatic rings. The van der Waals surface area contributed by atoms with E-state index in [0.717, 1.165) is 0 Å². The van der Waals surface area contributed by atoms with Crippen LogP contribution in [-0.2, 0) is 4.74 Å². The highest BCUT2D eigenvalue weighted by Crippen LogP contribution is 2.20. The maximum atomic E-state index is 11.9. The van der Waals surface area contributed by atoms with Gasteiger partial charge in [-0.2, -0.15) is 0 Å². The van der Waals surface area contributed by atoms with Crippen LogP contribution in [0.5, 0.6) is 0 Å². The summed E-state index contributed by atoms with van der Waals surface area (Å²) in [5, 5.41) is 19.7. The zero-order valence-electron chi connectivity index (χ0n) is 10.6. The second kappa shape index (κ2) is 5.86. The Bertz CT molecular complexity index is 410. The Hall–Kier alpha value is -0.850. The molecule has 5 nitrogen and oxygen atoms in total. The molecule has 0 radical (unpaired) electrons. The zero-order valence-corrected chi connectivity index (χ0v) is 12.2. The molecule has 102 valence electrons. The molecule has 18 heavy (non-hydrogen) atoms. The molecule has 0 fully saturated rings. The molecule has 0 aliphatic rings. The lowest BCUT2D eigenvalue weighted by molar-refractivity contribution is 0.0247. The van der Waals surface area contributed by atoms with E-state index in [-0.39, 0.29) is 5.33 Å². The molecule has 0 aliphatic carbocycles. The van der Waals surface area contributed by atoms with E-state index >= 15 is 0 Å². The summed E-state index contributed by atoms with van der Waals surface area (Å²) in [6.45, 7) is 5.29. The number of alkyl halides is 1. The number of hydrogen-bond donors (Lipinski definition) is 2. The normalized spacial score (nSPS) is 15.2. The highest BCUT2D eigenvalue weighted by atomic mass is 79.9. The van der Waals surface area contributed by atoms with Gasteiger partial charge in [0, 0.05) is 11.5 Å². The van der Waals surface area contributed by atoms with E-state index in [1.165, 1.54) is 10.8 Å². The number of hydrogen-bond acceptors (Lipinski definition) is 4. The van der Waals surface area contributed by atoms with Crippen molar-refractivity contribution in [1.82, 2.24) is 4.57 Å². The van der Waals surface area contributed by atoms with Crippen molar-refractivity contribution in [2.24, 2.45) is 0 Å². The van der Waals surface area contributed by atoms with Crippen LogP contribution >= 0.6 is 15.9 Å². The predicted molar refractivity (Wildman–Crippen MR) is 70.8 cm³/mol. The van der Waals surface area contributed by atoms with Crippen LogP contribution in [0.25, 0.3) is 0 Å². The fraction of sp³-hybridized carbons (Fsp3) is 0.583. The monoisotopic (exact) mass is 319 g/mol. The van der Waals surface area contributed by atoms with Crippen molar-refractivity contribution >= 4 is 22.0 Å². The molecule has 0 saturated carbocycles. The minimum absolute atomic E-state index is 0.216. The third-order valence-corrected chi connectivity index (χ3v) is 2.86. The maximum absolute atomic E-state index is 11.9. The first-order valence-corrected chi connectivity index (χ1v) is 6.71. The van der Waals surface area contributed by atoms with E-state index in [1.54, 1.807) is 32.9 Å². The molecule has 1 heterocycles. The molecular formula is C12H18BrNO4. The standard InChI is InChI=1S/C12H18BrNO4/c1-12(2,3)18-11(17)14-6-4-5-8(14)10(16)9(15)7-13/h4-6,9-10,15-16H,7H2,1-3H3. The van der Waals surface area contributed by atoms with Gasteiger partial charge in [-0.15, -0.1) is 0 Å². The Morgan fingerprint density at radius 2 is 2.11 bits per heavy atom. The van der Waals surface area contributed by atoms with Gasteiger partial charge in [-0.05, 0) is 32.9 Å². The van der Waals surface area contributed by atoms with Crippen LogP contribution in [0.1, 0.15) is 32.6 Å². The van der Waals surface area contributed by atoms with Crippen LogP contribution in [0.3, 0.4) is 0 Å². The lowest BCUT2D eigenvalue weighted by Crippen LogP contribution is -2.30. The molecule has 6 heteroatoms. The number of halogens is 1. The number of ether oxygens (including phenoxy) is 1. The van der Waals surface area contributed by atoms with E-state index in [1.807, 2.05) is 0 Å². The number of aromatic nitrogens is 1. The van der Waals surface area contributed by atoms with Crippen LogP contribution in [0.15, 0.2) is 18.3 Å². The molecule has 1 aromatic heterocycles. The largest absolute Gasteiger partial charge is 0.443 e. The number of aliphatic hydroxyl groups excluding tert-OH is 2. The first-order valence-electron chi connectivity index (χ1n) is 5.59. The van der Waals surface area contributed by atoms with Gasteiger partial charge in [0.15, 0.2) is 0 Å². The summed E-state index contributed by atoms with van der Waals surface area (Å²) in [4.78, 5) is 11.9. The second-order valence-corrected chi connectivity index (χ2v) is 5.60. The fourth-order valence-electron chi connectivity index (χ4n) is 1.39. The molecule has 2 unspecified atom stereocenters. The minimum atomic E-state index is -1.15. The first kappa shape index (κ1) is 15.2. The van der Waals surface area contributed by atoms with Crippen LogP contribution in [0.4, 0.5) is 4.79 Å². The van der Waals surface area contributed by atoms with Crippen LogP contribution in [0, 0.1) is 0 Å². The third-order valence-electron chi connectivity index (χ3n) is 2.20. The van der Waals surface area contributed by atoms with Gasteiger partial charge in [0.05, 0.1) is 11.8 Å². The molecule has 0 bridgehead atoms. The summed E-state index contributed by atoms with van der Waals surface area (Å²) in [5.41, 5.74) is -0.311. The van der Waals surface area contributed by atoms with E-state index in [9.17, 15) is 15.0 Å². The summed E-state index contributed by atoms with van der Waals surface area (Å²) < 4.78 is 6.40. The Labute approximate surface area is 115 Å². The van der Waals surface area contributed by atoms with E-state index in [4.69, 9.17) is 4.74 Å². The molecule has 0 aliphatic heterocycles. The van der Waals surface area contributed by atoms with Gasteiger partial charge in [-0.3, -0.25) is 4.57 Å². The van der Waals surface area contributed by atoms with Gasteiger partial charge in [-0.1, -0.05) is 15.9 Å². The van der Waals surface area contributed by atoms with E-state index in [2.05, 4.69) is 15.9 Å². The van der Waals surface area contributed by atoms with Gasteiger partial charge < -0.3 is 14.9 Å². The molecule has 0 spiro atoms. The number of nitrogens with zero attached hydrogens (tertiary/aromatic N) is 1. The zero-order chi connectivity index (χ0) is 13.9. The molecule has 0 saturated heterocycles. The van der Waals surface area contributed by atoms with Gasteiger partial charge in [0.1, 0.15) is 11.7 Å². The molecule has 2 atom stereocenters. The number of rotatable bonds is 3. The number of carbonyl (C=O) groups excluding carboxylic acids is 1. The van der Waals surface area contributed by atoms with Crippen molar-refractivity contribution in [1.29, 1.82) is 0 Å². The summed E-state index contributed by atoms with van der Waals surface area (Å²) in [7, 11) is 0. The summed E-state index contributed by atoms with van der Waals surface area (Å²) in [6.07, 6.45) is -1.22. The lowest BCUT2D eigenvalue weighted by Gasteiger charge is -2.22. The average molecular weight is 320 g/mol. The Balaban J connectivity index is 2.92. The maximum Gasteiger partial charge on any atom is 0.418 e. The van der Waals surface area contributed by atoms with Crippen LogP contribution in [0.2, 0.25) is 0 Å². The summed E-state index contributed by atoms with van der Waals surface area (Å²) in [5.74, 6) is 0. The summed E-state index contributed by atoms with van der Waals surface area (Å²) in [6, 6.07) is 3.18. The van der Waals surface area contributed by atoms with Crippen molar-refractivity contribution < 1.29 is 19.7 Å². The Morgan fingerprint density at radius 1 is 1.50 bits per heavy atom. The van der Waals surface area contributed by atoms with Crippen molar-refractivity contribution in [3.05, 3.63) is 24.0 Å². The van der Waals surface area contributed by atoms with Crippen molar-refractivity contribution in [3.63, 3.8) is 0 Å². The molecular weight excluding hydrogens is 302 g/mol. The lowest BCUT2D eigenvalue weighted by atomic mass is 10.1. The quantitative estimate of drug-likeness (QED) is 0.836. The highest BCUT2D eigenvalue weighted by molar-refractivity contribution is 9.09. The van der Waals surface area contributed by atoms with E-state index in [0.29, 0.717) is 5.69 Å². The molecule has 0 amide bonds. The van der Waals surface area contributed by atoms with Gasteiger partial charge in [0.2, 0.25) is 0 Å². The van der Waals surface area contributed by atoms with E-state index < -0.39 is 23.9 Å². The van der Waals surface area contributed by atoms with Gasteiger partial charge in [-0.25, -0.2) is 4.79 Å². The second-order valence-electron chi connectivity index (χ2n) is 4.95. The topological polar surface area (TPSA) is 71.7 Å². The van der Waals surface area contributed by atoms with Crippen LogP contribution < -0.4 is 0 Å². The van der Waals surface area contributed by atoms with Gasteiger partial charge in [0.25, 0.3) is 0 Å². The van der Waals surface area contributed by atoms with Crippen molar-refractivity contribution in [2.75, 3.05) is 5.33 Å². The van der Waals surface area contributed by atoms with Crippen LogP contribution in [-0.4, -0.2) is 37.9 Å². The predicted octanol–water partition coefficient (Wildman–Crippen LogP) is 2.06. The number of aliphatic hydroxyl groups is 2. The highest BCUT2D eigenvalue weighted by Gasteiger charge is 2.25. The molecule has 2 N–H and O–H groups in total. The average Bonchev–Trinajstić information content (AvgIpc) is 2.73. The van der Waals surface area contributed by atoms with Gasteiger partial charge >= 0.3 is 6.09 Å². The molecule has 1 rings (SSSR count). The third kappa shape index (κ3) is 3.83. The van der Waals surface area contributed by atoms with Crippen molar-refractivity contribution in [3.8, 4) is 0 Å². The SMILES string of the molecule is CC(C)(C)OC(=O)n1cccc1C(O)C(O)CBr. The molecule has 0 aromatic carbocycles. The smallest absolute Gasteiger partial charge is 0.418 e. The van der Waals surface area contributed by atoms with Crippen molar-refractivity contribution in [2.45, 2.75) is 38.6 Å². The summed E-state index contributed by atoms with van der Waals surface area (Å²) >= 11 is 3.08. The number of carbonyl (C=O) groups is 1. The fourth-order valence-corrected chi connectivity index (χ4v) is 1.75. The first-order chi connectivity index (χ1) is 8.26.